The maximum atomic E-state index is 13.2. The van der Waals surface area contributed by atoms with Crippen LogP contribution in [0.1, 0.15) is 21.6 Å². The van der Waals surface area contributed by atoms with Gasteiger partial charge in [0, 0.05) is 31.9 Å². The zero-order valence-electron chi connectivity index (χ0n) is 21.8. The van der Waals surface area contributed by atoms with Gasteiger partial charge in [0.2, 0.25) is 0 Å². The van der Waals surface area contributed by atoms with Crippen LogP contribution in [0, 0.1) is 6.92 Å². The fraction of sp³-hybridized carbons (Fsp3) is 0.269. The van der Waals surface area contributed by atoms with Gasteiger partial charge in [0.1, 0.15) is 29.5 Å². The molecule has 1 aromatic heterocycles. The van der Waals surface area contributed by atoms with E-state index in [4.69, 9.17) is 9.47 Å². The van der Waals surface area contributed by atoms with Crippen molar-refractivity contribution in [3.63, 3.8) is 0 Å². The van der Waals surface area contributed by atoms with Gasteiger partial charge in [-0.3, -0.25) is 20.6 Å². The number of hydrogen-bond acceptors (Lipinski definition) is 7. The monoisotopic (exact) mass is 546 g/mol. The first-order valence-electron chi connectivity index (χ1n) is 11.7. The molecule has 10 nitrogen and oxygen atoms in total. The summed E-state index contributed by atoms with van der Waals surface area (Å²) >= 11 is 0. The molecule has 2 aromatic carbocycles. The van der Waals surface area contributed by atoms with Crippen LogP contribution in [0.3, 0.4) is 0 Å². The third-order valence-electron chi connectivity index (χ3n) is 5.28. The molecule has 3 amide bonds. The number of pyridine rings is 1. The summed E-state index contributed by atoms with van der Waals surface area (Å²) < 4.78 is 51.2. The van der Waals surface area contributed by atoms with E-state index in [1.54, 1.807) is 24.3 Å². The number of rotatable bonds is 10. The van der Waals surface area contributed by atoms with Crippen molar-refractivity contribution in [2.24, 2.45) is 0 Å². The molecule has 0 aliphatic heterocycles. The fourth-order valence-corrected chi connectivity index (χ4v) is 3.19. The minimum absolute atomic E-state index is 0.0968. The summed E-state index contributed by atoms with van der Waals surface area (Å²) in [5, 5.41) is 4.88. The summed E-state index contributed by atoms with van der Waals surface area (Å²) in [5.41, 5.74) is 5.39. The second-order valence-corrected chi connectivity index (χ2v) is 8.60. The molecule has 0 unspecified atom stereocenters. The SMILES string of the molecule is CNC(=O)c1cc(Oc2cc(NNC(=O)Nc3cc(C(F)(F)F)ccc3OCCN(C)C)ccc2C)ccn1. The van der Waals surface area contributed by atoms with Crippen LogP contribution in [0.4, 0.5) is 29.3 Å². The van der Waals surface area contributed by atoms with Gasteiger partial charge in [0.05, 0.1) is 16.9 Å². The molecule has 0 bridgehead atoms. The Morgan fingerprint density at radius 3 is 2.49 bits per heavy atom. The number of hydrogen-bond donors (Lipinski definition) is 4. The Hall–Kier alpha value is -4.52. The number of urea groups is 1. The Bertz CT molecular complexity index is 1320. The zero-order chi connectivity index (χ0) is 28.6. The molecular weight excluding hydrogens is 517 g/mol. The number of benzene rings is 2. The van der Waals surface area contributed by atoms with E-state index in [0.29, 0.717) is 23.7 Å². The maximum absolute atomic E-state index is 13.2. The Morgan fingerprint density at radius 2 is 1.79 bits per heavy atom. The van der Waals surface area contributed by atoms with E-state index in [1.807, 2.05) is 25.9 Å². The first kappa shape index (κ1) is 29.0. The summed E-state index contributed by atoms with van der Waals surface area (Å²) in [7, 11) is 5.15. The number of nitrogens with zero attached hydrogens (tertiary/aromatic N) is 2. The molecule has 13 heteroatoms. The van der Waals surface area contributed by atoms with Crippen molar-refractivity contribution in [3.05, 3.63) is 71.5 Å². The van der Waals surface area contributed by atoms with Gasteiger partial charge in [-0.1, -0.05) is 6.07 Å². The van der Waals surface area contributed by atoms with Gasteiger partial charge in [-0.15, -0.1) is 0 Å². The van der Waals surface area contributed by atoms with Crippen LogP contribution in [0.25, 0.3) is 0 Å². The van der Waals surface area contributed by atoms with Crippen LogP contribution in [0.2, 0.25) is 0 Å². The van der Waals surface area contributed by atoms with Crippen molar-refractivity contribution in [1.29, 1.82) is 0 Å². The molecule has 0 saturated carbocycles. The van der Waals surface area contributed by atoms with Crippen LogP contribution >= 0.6 is 0 Å². The number of alkyl halides is 3. The molecule has 0 aliphatic carbocycles. The number of hydrazine groups is 1. The number of aryl methyl sites for hydroxylation is 1. The van der Waals surface area contributed by atoms with Crippen LogP contribution in [0.5, 0.6) is 17.2 Å². The summed E-state index contributed by atoms with van der Waals surface area (Å²) in [5.74, 6) is 0.543. The Morgan fingerprint density at radius 1 is 1.03 bits per heavy atom. The van der Waals surface area contributed by atoms with Crippen molar-refractivity contribution >= 4 is 23.3 Å². The molecule has 4 N–H and O–H groups in total. The van der Waals surface area contributed by atoms with Crippen molar-refractivity contribution in [3.8, 4) is 17.2 Å². The highest BCUT2D eigenvalue weighted by Gasteiger charge is 2.31. The fourth-order valence-electron chi connectivity index (χ4n) is 3.19. The number of amides is 3. The first-order valence-corrected chi connectivity index (χ1v) is 11.7. The lowest BCUT2D eigenvalue weighted by Crippen LogP contribution is -2.33. The van der Waals surface area contributed by atoms with Gasteiger partial charge in [-0.05, 0) is 56.9 Å². The van der Waals surface area contributed by atoms with Gasteiger partial charge in [0.15, 0.2) is 0 Å². The lowest BCUT2D eigenvalue weighted by atomic mass is 10.2. The van der Waals surface area contributed by atoms with Gasteiger partial charge < -0.3 is 25.0 Å². The summed E-state index contributed by atoms with van der Waals surface area (Å²) in [6.07, 6.45) is -3.16. The highest BCUT2D eigenvalue weighted by Crippen LogP contribution is 2.35. The highest BCUT2D eigenvalue weighted by molar-refractivity contribution is 5.92. The summed E-state index contributed by atoms with van der Waals surface area (Å²) in [4.78, 5) is 30.2. The number of halogens is 3. The van der Waals surface area contributed by atoms with Gasteiger partial charge >= 0.3 is 12.2 Å². The van der Waals surface area contributed by atoms with E-state index in [1.165, 1.54) is 25.4 Å². The number of aromatic nitrogens is 1. The number of carbonyl (C=O) groups excluding carboxylic acids is 2. The predicted octanol–water partition coefficient (Wildman–Crippen LogP) is 4.65. The second-order valence-electron chi connectivity index (χ2n) is 8.60. The van der Waals surface area contributed by atoms with E-state index in [2.05, 4.69) is 26.5 Å². The van der Waals surface area contributed by atoms with Crippen LogP contribution in [-0.4, -0.2) is 56.1 Å². The van der Waals surface area contributed by atoms with Gasteiger partial charge in [0.25, 0.3) is 5.91 Å². The molecule has 39 heavy (non-hydrogen) atoms. The van der Waals surface area contributed by atoms with E-state index >= 15 is 0 Å². The summed E-state index contributed by atoms with van der Waals surface area (Å²) in [6, 6.07) is 10.1. The molecule has 0 aliphatic rings. The van der Waals surface area contributed by atoms with Crippen LogP contribution in [0.15, 0.2) is 54.7 Å². The Balaban J connectivity index is 1.69. The van der Waals surface area contributed by atoms with E-state index in [0.717, 1.165) is 17.7 Å². The molecule has 0 fully saturated rings. The van der Waals surface area contributed by atoms with Crippen molar-refractivity contribution in [2.75, 3.05) is 45.0 Å². The Kier molecular flexibility index (Phi) is 9.55. The minimum atomic E-state index is -4.60. The molecule has 0 saturated heterocycles. The lowest BCUT2D eigenvalue weighted by molar-refractivity contribution is -0.137. The molecular formula is C26H29F3N6O4. The van der Waals surface area contributed by atoms with E-state index < -0.39 is 17.8 Å². The van der Waals surface area contributed by atoms with Crippen molar-refractivity contribution in [2.45, 2.75) is 13.1 Å². The minimum Gasteiger partial charge on any atom is -0.490 e. The number of likely N-dealkylation sites (N-methyl/N-ethyl adjacent to an activating group) is 1. The van der Waals surface area contributed by atoms with Crippen LogP contribution in [-0.2, 0) is 6.18 Å². The molecule has 0 radical (unpaired) electrons. The quantitative estimate of drug-likeness (QED) is 0.274. The topological polar surface area (TPSA) is 117 Å². The molecule has 3 rings (SSSR count). The number of carbonyl (C=O) groups is 2. The van der Waals surface area contributed by atoms with Crippen molar-refractivity contribution < 1.29 is 32.2 Å². The average molecular weight is 547 g/mol. The smallest absolute Gasteiger partial charge is 0.416 e. The lowest BCUT2D eigenvalue weighted by Gasteiger charge is -2.17. The first-order chi connectivity index (χ1) is 18.5. The molecule has 0 atom stereocenters. The Labute approximate surface area is 223 Å². The molecule has 0 spiro atoms. The third kappa shape index (κ3) is 8.50. The third-order valence-corrected chi connectivity index (χ3v) is 5.28. The number of ether oxygens (including phenoxy) is 2. The van der Waals surface area contributed by atoms with E-state index in [-0.39, 0.29) is 29.6 Å². The normalized spacial score (nSPS) is 11.1. The number of nitrogens with one attached hydrogen (secondary N) is 4. The number of anilines is 2. The molecule has 1 heterocycles. The van der Waals surface area contributed by atoms with Gasteiger partial charge in [-0.2, -0.15) is 13.2 Å². The molecule has 3 aromatic rings. The second kappa shape index (κ2) is 12.8. The standard InChI is InChI=1S/C26H29F3N6O4/c1-16-5-7-18(14-23(16)39-19-9-10-31-21(15-19)24(36)30-2)33-34-25(37)32-20-13-17(26(27,28)29)6-8-22(20)38-12-11-35(3)4/h5-10,13-15,33H,11-12H2,1-4H3,(H,30,36)(H2,32,34,37). The maximum Gasteiger partial charge on any atom is 0.416 e. The zero-order valence-corrected chi connectivity index (χ0v) is 21.8. The van der Waals surface area contributed by atoms with Crippen molar-refractivity contribution in [1.82, 2.24) is 20.6 Å². The molecule has 208 valence electrons. The van der Waals surface area contributed by atoms with Crippen LogP contribution < -0.4 is 31.0 Å². The average Bonchev–Trinajstić information content (AvgIpc) is 2.88. The van der Waals surface area contributed by atoms with E-state index in [9.17, 15) is 22.8 Å². The summed E-state index contributed by atoms with van der Waals surface area (Å²) in [6.45, 7) is 2.55. The largest absolute Gasteiger partial charge is 0.490 e. The predicted molar refractivity (Wildman–Crippen MR) is 140 cm³/mol. The van der Waals surface area contributed by atoms with Gasteiger partial charge in [-0.25, -0.2) is 4.79 Å². The highest BCUT2D eigenvalue weighted by atomic mass is 19.4.